The van der Waals surface area contributed by atoms with Crippen molar-refractivity contribution >= 4 is 40.0 Å². The quantitative estimate of drug-likeness (QED) is 0.302. The number of carbonyl (C=O) groups excluding carboxylic acids is 1. The number of fused-ring (bicyclic) bond motifs is 1. The third kappa shape index (κ3) is 5.04. The van der Waals surface area contributed by atoms with E-state index in [1.807, 2.05) is 17.2 Å². The fraction of sp³-hybridized carbons (Fsp3) is 0.222. The van der Waals surface area contributed by atoms with E-state index in [-0.39, 0.29) is 24.2 Å². The van der Waals surface area contributed by atoms with Gasteiger partial charge in [0.1, 0.15) is 36.0 Å². The maximum Gasteiger partial charge on any atom is 0.245 e. The predicted molar refractivity (Wildman–Crippen MR) is 138 cm³/mol. The minimum Gasteiger partial charge on any atom is -0.487 e. The number of hydrogen-bond acceptors (Lipinski definition) is 5. The van der Waals surface area contributed by atoms with Crippen LogP contribution in [0.15, 0.2) is 67.6 Å². The average molecular weight is 506 g/mol. The zero-order valence-corrected chi connectivity index (χ0v) is 20.3. The highest BCUT2D eigenvalue weighted by Gasteiger charge is 2.26. The summed E-state index contributed by atoms with van der Waals surface area (Å²) < 4.78 is 19.2. The van der Waals surface area contributed by atoms with Gasteiger partial charge in [0.2, 0.25) is 5.91 Å². The molecule has 4 aromatic rings. The van der Waals surface area contributed by atoms with E-state index in [0.29, 0.717) is 29.7 Å². The van der Waals surface area contributed by atoms with Gasteiger partial charge in [-0.15, -0.1) is 0 Å². The lowest BCUT2D eigenvalue weighted by Gasteiger charge is -2.31. The molecule has 0 atom stereocenters. The minimum absolute atomic E-state index is 0.0293. The molecule has 5 rings (SSSR count). The van der Waals surface area contributed by atoms with Crippen LogP contribution in [0.25, 0.3) is 11.0 Å². The van der Waals surface area contributed by atoms with Gasteiger partial charge < -0.3 is 19.9 Å². The van der Waals surface area contributed by atoms with E-state index < -0.39 is 0 Å². The second kappa shape index (κ2) is 10.4. The number of anilines is 2. The van der Waals surface area contributed by atoms with E-state index in [2.05, 4.69) is 26.8 Å². The molecule has 0 aliphatic carbocycles. The Morgan fingerprint density at radius 3 is 2.83 bits per heavy atom. The summed E-state index contributed by atoms with van der Waals surface area (Å²) in [5.41, 5.74) is 3.33. The summed E-state index contributed by atoms with van der Waals surface area (Å²) in [6.45, 7) is 5.16. The monoisotopic (exact) mass is 505 g/mol. The van der Waals surface area contributed by atoms with Gasteiger partial charge >= 0.3 is 0 Å². The van der Waals surface area contributed by atoms with Gasteiger partial charge in [-0.1, -0.05) is 30.3 Å². The second-order valence-electron chi connectivity index (χ2n) is 8.68. The SMILES string of the molecule is C=CC(=O)N1CCC(c2c[nH]c3ncnc(Nc4ccc(OCc5cccc(F)c5)c(Cl)c4)c23)CC1. The minimum atomic E-state index is -0.308. The first kappa shape index (κ1) is 23.8. The average Bonchev–Trinajstić information content (AvgIpc) is 3.33. The standard InChI is InChI=1S/C27H25ClFN5O2/c1-2-24(35)34-10-8-18(9-11-34)21-14-30-26-25(21)27(32-16-31-26)33-20-6-7-23(22(28)13-20)36-15-17-4-3-5-19(29)12-17/h2-7,12-14,16,18H,1,8-11,15H2,(H2,30,31,32,33). The molecule has 7 nitrogen and oxygen atoms in total. The Morgan fingerprint density at radius 1 is 1.25 bits per heavy atom. The molecule has 1 aliphatic heterocycles. The normalized spacial score (nSPS) is 14.1. The maximum absolute atomic E-state index is 13.4. The van der Waals surface area contributed by atoms with E-state index >= 15 is 0 Å². The van der Waals surface area contributed by atoms with E-state index in [1.54, 1.807) is 24.3 Å². The molecule has 2 aromatic heterocycles. The van der Waals surface area contributed by atoms with Crippen LogP contribution in [0.2, 0.25) is 5.02 Å². The smallest absolute Gasteiger partial charge is 0.245 e. The zero-order chi connectivity index (χ0) is 25.1. The Bertz CT molecular complexity index is 1410. The second-order valence-corrected chi connectivity index (χ2v) is 9.09. The molecule has 0 radical (unpaired) electrons. The lowest BCUT2D eigenvalue weighted by Crippen LogP contribution is -2.36. The summed E-state index contributed by atoms with van der Waals surface area (Å²) in [4.78, 5) is 25.9. The largest absolute Gasteiger partial charge is 0.487 e. The number of aromatic nitrogens is 3. The molecule has 1 fully saturated rings. The summed E-state index contributed by atoms with van der Waals surface area (Å²) in [5, 5.41) is 4.71. The van der Waals surface area contributed by atoms with Crippen molar-refractivity contribution in [3.8, 4) is 5.75 Å². The highest BCUT2D eigenvalue weighted by Crippen LogP contribution is 2.37. The van der Waals surface area contributed by atoms with Gasteiger partial charge in [0, 0.05) is 25.0 Å². The first-order chi connectivity index (χ1) is 17.5. The Balaban J connectivity index is 1.33. The first-order valence-electron chi connectivity index (χ1n) is 11.7. The summed E-state index contributed by atoms with van der Waals surface area (Å²) in [5.74, 6) is 1.12. The fourth-order valence-corrected chi connectivity index (χ4v) is 4.80. The Morgan fingerprint density at radius 2 is 2.08 bits per heavy atom. The molecule has 36 heavy (non-hydrogen) atoms. The van der Waals surface area contributed by atoms with Crippen LogP contribution < -0.4 is 10.1 Å². The molecule has 1 amide bonds. The number of H-pyrrole nitrogens is 1. The van der Waals surface area contributed by atoms with E-state index in [4.69, 9.17) is 16.3 Å². The Hall–Kier alpha value is -3.91. The van der Waals surface area contributed by atoms with Crippen molar-refractivity contribution in [2.45, 2.75) is 25.4 Å². The van der Waals surface area contributed by atoms with E-state index in [1.165, 1.54) is 24.5 Å². The van der Waals surface area contributed by atoms with Gasteiger partial charge in [-0.05, 0) is 66.3 Å². The van der Waals surface area contributed by atoms with Crippen LogP contribution in [0.4, 0.5) is 15.9 Å². The maximum atomic E-state index is 13.4. The number of nitrogens with one attached hydrogen (secondary N) is 2. The number of ether oxygens (including phenoxy) is 1. The molecule has 184 valence electrons. The molecule has 0 saturated carbocycles. The summed E-state index contributed by atoms with van der Waals surface area (Å²) in [7, 11) is 0. The number of benzene rings is 2. The first-order valence-corrected chi connectivity index (χ1v) is 12.1. The van der Waals surface area contributed by atoms with Crippen LogP contribution >= 0.6 is 11.6 Å². The van der Waals surface area contributed by atoms with Gasteiger partial charge in [-0.2, -0.15) is 0 Å². The van der Waals surface area contributed by atoms with Crippen molar-refractivity contribution in [2.24, 2.45) is 0 Å². The van der Waals surface area contributed by atoms with E-state index in [0.717, 1.165) is 40.7 Å². The number of rotatable bonds is 7. The Kier molecular flexibility index (Phi) is 6.86. The molecule has 0 unspecified atom stereocenters. The van der Waals surface area contributed by atoms with Gasteiger partial charge in [0.15, 0.2) is 0 Å². The lowest BCUT2D eigenvalue weighted by molar-refractivity contribution is -0.127. The van der Waals surface area contributed by atoms with Crippen LogP contribution in [-0.2, 0) is 11.4 Å². The molecule has 2 aromatic carbocycles. The Labute approximate surface area is 213 Å². The van der Waals surface area contributed by atoms with Crippen LogP contribution in [0.5, 0.6) is 5.75 Å². The molecule has 0 bridgehead atoms. The van der Waals surface area contributed by atoms with Gasteiger partial charge in [0.25, 0.3) is 0 Å². The number of nitrogens with zero attached hydrogens (tertiary/aromatic N) is 3. The molecular weight excluding hydrogens is 481 g/mol. The number of carbonyl (C=O) groups is 1. The summed E-state index contributed by atoms with van der Waals surface area (Å²) >= 11 is 6.48. The number of aromatic amines is 1. The highest BCUT2D eigenvalue weighted by atomic mass is 35.5. The summed E-state index contributed by atoms with van der Waals surface area (Å²) in [6, 6.07) is 11.7. The van der Waals surface area contributed by atoms with Crippen molar-refractivity contribution in [1.82, 2.24) is 19.9 Å². The number of piperidine rings is 1. The molecule has 1 aliphatic rings. The van der Waals surface area contributed by atoms with E-state index in [9.17, 15) is 9.18 Å². The van der Waals surface area contributed by atoms with Gasteiger partial charge in [-0.3, -0.25) is 4.79 Å². The van der Waals surface area contributed by atoms with Crippen molar-refractivity contribution in [1.29, 1.82) is 0 Å². The summed E-state index contributed by atoms with van der Waals surface area (Å²) in [6.07, 6.45) is 6.56. The topological polar surface area (TPSA) is 83.1 Å². The predicted octanol–water partition coefficient (Wildman–Crippen LogP) is 5.97. The van der Waals surface area contributed by atoms with Crippen LogP contribution in [0.3, 0.4) is 0 Å². The molecule has 1 saturated heterocycles. The van der Waals surface area contributed by atoms with Crippen molar-refractivity contribution in [2.75, 3.05) is 18.4 Å². The highest BCUT2D eigenvalue weighted by molar-refractivity contribution is 6.32. The van der Waals surface area contributed by atoms with Gasteiger partial charge in [-0.25, -0.2) is 14.4 Å². The fourth-order valence-electron chi connectivity index (χ4n) is 4.56. The zero-order valence-electron chi connectivity index (χ0n) is 19.5. The molecule has 3 heterocycles. The number of likely N-dealkylation sites (tertiary alicyclic amines) is 1. The van der Waals surface area contributed by atoms with Crippen molar-refractivity contribution in [3.05, 3.63) is 89.6 Å². The van der Waals surface area contributed by atoms with Gasteiger partial charge in [0.05, 0.1) is 10.4 Å². The van der Waals surface area contributed by atoms with Crippen LogP contribution in [-0.4, -0.2) is 38.8 Å². The lowest BCUT2D eigenvalue weighted by atomic mass is 9.89. The van der Waals surface area contributed by atoms with Crippen molar-refractivity contribution in [3.63, 3.8) is 0 Å². The third-order valence-corrected chi connectivity index (χ3v) is 6.69. The van der Waals surface area contributed by atoms with Crippen molar-refractivity contribution < 1.29 is 13.9 Å². The van der Waals surface area contributed by atoms with Crippen LogP contribution in [0, 0.1) is 5.82 Å². The molecule has 2 N–H and O–H groups in total. The van der Waals surface area contributed by atoms with Crippen LogP contribution in [0.1, 0.15) is 29.9 Å². The number of amides is 1. The number of halogens is 2. The number of hydrogen-bond donors (Lipinski definition) is 2. The molecule has 9 heteroatoms. The molecule has 0 spiro atoms. The third-order valence-electron chi connectivity index (χ3n) is 6.40. The molecular formula is C27H25ClFN5O2.